The molecule has 27 heavy (non-hydrogen) atoms. The highest BCUT2D eigenvalue weighted by Gasteiger charge is 2.36. The first kappa shape index (κ1) is 22.1. The third-order valence-electron chi connectivity index (χ3n) is 5.67. The summed E-state index contributed by atoms with van der Waals surface area (Å²) in [7, 11) is 0. The van der Waals surface area contributed by atoms with Crippen molar-refractivity contribution in [3.05, 3.63) is 0 Å². The maximum atomic E-state index is 12.4. The van der Waals surface area contributed by atoms with Crippen molar-refractivity contribution >= 4 is 11.9 Å². The van der Waals surface area contributed by atoms with Gasteiger partial charge in [-0.2, -0.15) is 0 Å². The molecule has 0 aromatic rings. The molecule has 0 bridgehead atoms. The van der Waals surface area contributed by atoms with E-state index in [2.05, 4.69) is 0 Å². The molecule has 2 saturated heterocycles. The number of aliphatic carboxylic acids is 1. The molecule has 2 rings (SSSR count). The van der Waals surface area contributed by atoms with Crippen LogP contribution in [0.1, 0.15) is 66.2 Å². The Bertz CT molecular complexity index is 507. The van der Waals surface area contributed by atoms with Crippen LogP contribution in [0.4, 0.5) is 0 Å². The number of aliphatic hydroxyl groups is 1. The smallest absolute Gasteiger partial charge is 0.311 e. The van der Waals surface area contributed by atoms with Gasteiger partial charge in [0.1, 0.15) is 6.10 Å². The van der Waals surface area contributed by atoms with Crippen molar-refractivity contribution in [3.63, 3.8) is 0 Å². The minimum atomic E-state index is -0.848. The molecule has 0 amide bonds. The fraction of sp³-hybridized carbons (Fsp3) is 0.900. The second kappa shape index (κ2) is 9.85. The first-order valence-electron chi connectivity index (χ1n) is 10.1. The Kier molecular flexibility index (Phi) is 8.06. The molecule has 0 radical (unpaired) electrons. The SMILES string of the molecule is C[C@H](O)C[C@@H]1CC[C@H]([C@H](C)C(=O)O[C@H](C)C[C@@H]2CC[C@H]([C@@H](C)C(=O)O)O2)O1. The summed E-state index contributed by atoms with van der Waals surface area (Å²) in [4.78, 5) is 23.5. The Morgan fingerprint density at radius 1 is 0.926 bits per heavy atom. The van der Waals surface area contributed by atoms with Crippen LogP contribution in [0, 0.1) is 11.8 Å². The molecular formula is C20H34O7. The topological polar surface area (TPSA) is 102 Å². The van der Waals surface area contributed by atoms with Gasteiger partial charge in [-0.15, -0.1) is 0 Å². The summed E-state index contributed by atoms with van der Waals surface area (Å²) in [5, 5.41) is 18.6. The van der Waals surface area contributed by atoms with Crippen LogP contribution in [0.5, 0.6) is 0 Å². The summed E-state index contributed by atoms with van der Waals surface area (Å²) in [6.45, 7) is 7.06. The van der Waals surface area contributed by atoms with Crippen molar-refractivity contribution < 1.29 is 34.0 Å². The number of carboxylic acids is 1. The first-order chi connectivity index (χ1) is 12.7. The van der Waals surface area contributed by atoms with Crippen molar-refractivity contribution in [2.45, 2.75) is 103 Å². The molecule has 156 valence electrons. The summed E-state index contributed by atoms with van der Waals surface area (Å²) in [6, 6.07) is 0. The van der Waals surface area contributed by atoms with Crippen LogP contribution in [0.15, 0.2) is 0 Å². The van der Waals surface area contributed by atoms with Gasteiger partial charge in [-0.3, -0.25) is 9.59 Å². The van der Waals surface area contributed by atoms with Crippen LogP contribution in [-0.4, -0.2) is 58.8 Å². The Morgan fingerprint density at radius 2 is 1.44 bits per heavy atom. The number of carbonyl (C=O) groups excluding carboxylic acids is 1. The number of carbonyl (C=O) groups is 2. The molecule has 2 heterocycles. The highest BCUT2D eigenvalue weighted by molar-refractivity contribution is 5.73. The summed E-state index contributed by atoms with van der Waals surface area (Å²) >= 11 is 0. The number of hydrogen-bond acceptors (Lipinski definition) is 6. The monoisotopic (exact) mass is 386 g/mol. The summed E-state index contributed by atoms with van der Waals surface area (Å²) in [6.07, 6.45) is 3.08. The second-order valence-electron chi connectivity index (χ2n) is 8.23. The number of esters is 1. The van der Waals surface area contributed by atoms with Crippen molar-refractivity contribution in [3.8, 4) is 0 Å². The lowest BCUT2D eigenvalue weighted by molar-refractivity contribution is -0.159. The van der Waals surface area contributed by atoms with E-state index in [0.717, 1.165) is 25.7 Å². The highest BCUT2D eigenvalue weighted by atomic mass is 16.6. The van der Waals surface area contributed by atoms with Crippen molar-refractivity contribution in [1.29, 1.82) is 0 Å². The molecule has 2 aliphatic rings. The zero-order valence-electron chi connectivity index (χ0n) is 16.8. The molecule has 7 nitrogen and oxygen atoms in total. The lowest BCUT2D eigenvalue weighted by Gasteiger charge is -2.23. The van der Waals surface area contributed by atoms with E-state index in [4.69, 9.17) is 19.3 Å². The van der Waals surface area contributed by atoms with Gasteiger partial charge in [-0.05, 0) is 59.8 Å². The third kappa shape index (κ3) is 6.43. The Morgan fingerprint density at radius 3 is 1.96 bits per heavy atom. The molecule has 2 aliphatic heterocycles. The zero-order valence-corrected chi connectivity index (χ0v) is 16.8. The number of rotatable bonds is 9. The maximum Gasteiger partial charge on any atom is 0.311 e. The summed E-state index contributed by atoms with van der Waals surface area (Å²) in [5.74, 6) is -2.00. The van der Waals surface area contributed by atoms with Crippen molar-refractivity contribution in [2.75, 3.05) is 0 Å². The van der Waals surface area contributed by atoms with Crippen molar-refractivity contribution in [1.82, 2.24) is 0 Å². The van der Waals surface area contributed by atoms with Gasteiger partial charge in [0.25, 0.3) is 0 Å². The van der Waals surface area contributed by atoms with Crippen LogP contribution in [0.3, 0.4) is 0 Å². The average Bonchev–Trinajstić information content (AvgIpc) is 3.22. The lowest BCUT2D eigenvalue weighted by atomic mass is 10.0. The molecule has 0 aromatic carbocycles. The molecule has 0 aromatic heterocycles. The van der Waals surface area contributed by atoms with Gasteiger partial charge in [-0.1, -0.05) is 0 Å². The second-order valence-corrected chi connectivity index (χ2v) is 8.23. The zero-order chi connectivity index (χ0) is 20.1. The lowest BCUT2D eigenvalue weighted by Crippen LogP contribution is -2.32. The average molecular weight is 386 g/mol. The number of aliphatic hydroxyl groups excluding tert-OH is 1. The van der Waals surface area contributed by atoms with E-state index in [1.54, 1.807) is 13.8 Å². The van der Waals surface area contributed by atoms with Crippen LogP contribution in [-0.2, 0) is 23.8 Å². The first-order valence-corrected chi connectivity index (χ1v) is 10.1. The van der Waals surface area contributed by atoms with Gasteiger partial charge >= 0.3 is 11.9 Å². The highest BCUT2D eigenvalue weighted by Crippen LogP contribution is 2.30. The fourth-order valence-electron chi connectivity index (χ4n) is 3.96. The molecule has 2 N–H and O–H groups in total. The predicted octanol–water partition coefficient (Wildman–Crippen LogP) is 2.53. The number of carboxylic acid groups (broad SMARTS) is 1. The van der Waals surface area contributed by atoms with Crippen molar-refractivity contribution in [2.24, 2.45) is 11.8 Å². The molecule has 0 saturated carbocycles. The molecule has 0 aliphatic carbocycles. The van der Waals surface area contributed by atoms with E-state index < -0.39 is 18.0 Å². The standard InChI is InChI=1S/C20H34O7/c1-11(21)9-15-5-8-18(26-15)14(4)20(24)25-12(2)10-16-6-7-17(27-16)13(3)19(22)23/h11-18,21H,5-10H2,1-4H3,(H,22,23)/t11-,12+,13+,14-,15-,16-,17+,18+/m0/s1. The molecule has 2 fully saturated rings. The third-order valence-corrected chi connectivity index (χ3v) is 5.67. The van der Waals surface area contributed by atoms with E-state index in [-0.39, 0.29) is 42.4 Å². The molecule has 7 heteroatoms. The maximum absolute atomic E-state index is 12.4. The van der Waals surface area contributed by atoms with E-state index in [9.17, 15) is 14.7 Å². The quantitative estimate of drug-likeness (QED) is 0.587. The van der Waals surface area contributed by atoms with Gasteiger partial charge in [0.2, 0.25) is 0 Å². The van der Waals surface area contributed by atoms with Gasteiger partial charge < -0.3 is 24.4 Å². The largest absolute Gasteiger partial charge is 0.481 e. The van der Waals surface area contributed by atoms with Crippen LogP contribution in [0.25, 0.3) is 0 Å². The minimum absolute atomic E-state index is 0.00252. The van der Waals surface area contributed by atoms with Gasteiger partial charge in [-0.25, -0.2) is 0 Å². The molecule has 8 atom stereocenters. The summed E-state index contributed by atoms with van der Waals surface area (Å²) < 4.78 is 17.3. The van der Waals surface area contributed by atoms with Gasteiger partial charge in [0.15, 0.2) is 0 Å². The molecular weight excluding hydrogens is 352 g/mol. The van der Waals surface area contributed by atoms with Gasteiger partial charge in [0, 0.05) is 6.42 Å². The fourth-order valence-corrected chi connectivity index (χ4v) is 3.96. The Balaban J connectivity index is 1.73. The summed E-state index contributed by atoms with van der Waals surface area (Å²) in [5.41, 5.74) is 0. The Labute approximate surface area is 161 Å². The van der Waals surface area contributed by atoms with Crippen LogP contribution in [0.2, 0.25) is 0 Å². The molecule has 0 unspecified atom stereocenters. The van der Waals surface area contributed by atoms with E-state index in [1.807, 2.05) is 13.8 Å². The normalized spacial score (nSPS) is 32.6. The van der Waals surface area contributed by atoms with Crippen LogP contribution >= 0.6 is 0 Å². The van der Waals surface area contributed by atoms with E-state index in [1.165, 1.54) is 0 Å². The predicted molar refractivity (Wildman–Crippen MR) is 98.2 cm³/mol. The number of hydrogen-bond donors (Lipinski definition) is 2. The minimum Gasteiger partial charge on any atom is -0.481 e. The Hall–Kier alpha value is -1.18. The van der Waals surface area contributed by atoms with E-state index >= 15 is 0 Å². The van der Waals surface area contributed by atoms with E-state index in [0.29, 0.717) is 12.8 Å². The van der Waals surface area contributed by atoms with Gasteiger partial charge in [0.05, 0.1) is 42.4 Å². The molecule has 0 spiro atoms. The number of ether oxygens (including phenoxy) is 3. The van der Waals surface area contributed by atoms with Crippen LogP contribution < -0.4 is 0 Å².